The Labute approximate surface area is 78.4 Å². The van der Waals surface area contributed by atoms with Gasteiger partial charge in [-0.15, -0.1) is 12.6 Å². The number of thiol groups is 1. The Morgan fingerprint density at radius 2 is 2.10 bits per heavy atom. The molecule has 0 radical (unpaired) electrons. The molecule has 0 N–H and O–H groups in total. The first-order valence-corrected chi connectivity index (χ1v) is 4.28. The molecule has 1 aromatic rings. The third-order valence-corrected chi connectivity index (χ3v) is 2.82. The topological polar surface area (TPSA) is 0 Å². The molecule has 0 atom stereocenters. The average molecular weight is 268 g/mol. The lowest BCUT2D eigenvalue weighted by Crippen LogP contribution is -1.86. The highest BCUT2D eigenvalue weighted by Gasteiger charge is 2.01. The van der Waals surface area contributed by atoms with Crippen LogP contribution in [0.25, 0.3) is 0 Å². The first-order chi connectivity index (χ1) is 4.61. The molecule has 1 rings (SSSR count). The smallest absolute Gasteiger partial charge is 0.137 e. The summed E-state index contributed by atoms with van der Waals surface area (Å²) in [6.07, 6.45) is 0. The van der Waals surface area contributed by atoms with Gasteiger partial charge in [0, 0.05) is 4.90 Å². The first-order valence-electron chi connectivity index (χ1n) is 2.76. The van der Waals surface area contributed by atoms with Crippen molar-refractivity contribution in [3.63, 3.8) is 0 Å². The summed E-state index contributed by atoms with van der Waals surface area (Å²) in [5.74, 6) is -0.189. The summed E-state index contributed by atoms with van der Waals surface area (Å²) in [5.41, 5.74) is 0.936. The van der Waals surface area contributed by atoms with Gasteiger partial charge in [0.2, 0.25) is 0 Å². The zero-order valence-electron chi connectivity index (χ0n) is 5.36. The van der Waals surface area contributed by atoms with E-state index in [1.807, 2.05) is 35.6 Å². The molecular formula is C7H6FIS. The van der Waals surface area contributed by atoms with E-state index in [2.05, 4.69) is 12.6 Å². The van der Waals surface area contributed by atoms with Crippen LogP contribution in [-0.4, -0.2) is 0 Å². The molecule has 0 aliphatic carbocycles. The lowest BCUT2D eigenvalue weighted by atomic mass is 10.2. The second kappa shape index (κ2) is 3.09. The summed E-state index contributed by atoms with van der Waals surface area (Å²) in [4.78, 5) is 0.676. The quantitative estimate of drug-likeness (QED) is 0.542. The summed E-state index contributed by atoms with van der Waals surface area (Å²) < 4.78 is 13.5. The van der Waals surface area contributed by atoms with Crippen molar-refractivity contribution < 1.29 is 4.39 Å². The molecule has 0 aliphatic rings. The van der Waals surface area contributed by atoms with Crippen molar-refractivity contribution >= 4 is 35.2 Å². The molecule has 0 saturated carbocycles. The van der Waals surface area contributed by atoms with Gasteiger partial charge in [0.1, 0.15) is 5.82 Å². The molecule has 0 aromatic heterocycles. The van der Waals surface area contributed by atoms with Gasteiger partial charge in [0.25, 0.3) is 0 Å². The zero-order valence-corrected chi connectivity index (χ0v) is 8.41. The van der Waals surface area contributed by atoms with Gasteiger partial charge in [-0.2, -0.15) is 0 Å². The van der Waals surface area contributed by atoms with Crippen LogP contribution in [0.2, 0.25) is 0 Å². The number of halogens is 2. The molecule has 10 heavy (non-hydrogen) atoms. The highest BCUT2D eigenvalue weighted by atomic mass is 127. The van der Waals surface area contributed by atoms with Crippen LogP contribution in [0.1, 0.15) is 5.56 Å². The molecule has 1 aromatic carbocycles. The Hall–Kier alpha value is 0.230. The Balaban J connectivity index is 3.31. The predicted octanol–water partition coefficient (Wildman–Crippen LogP) is 3.03. The summed E-state index contributed by atoms with van der Waals surface area (Å²) in [5, 5.41) is 0. The van der Waals surface area contributed by atoms with Crippen LogP contribution in [0, 0.1) is 16.3 Å². The van der Waals surface area contributed by atoms with Crippen LogP contribution in [-0.2, 0) is 0 Å². The van der Waals surface area contributed by atoms with Crippen molar-refractivity contribution in [3.05, 3.63) is 27.1 Å². The molecule has 0 unspecified atom stereocenters. The highest BCUT2D eigenvalue weighted by Crippen LogP contribution is 2.19. The zero-order chi connectivity index (χ0) is 7.72. The maximum absolute atomic E-state index is 12.8. The molecule has 0 nitrogen and oxygen atoms in total. The fourth-order valence-corrected chi connectivity index (χ4v) is 1.33. The summed E-state index contributed by atoms with van der Waals surface area (Å²) in [6.45, 7) is 1.87. The Bertz CT molecular complexity index is 237. The van der Waals surface area contributed by atoms with Crippen LogP contribution < -0.4 is 0 Å². The molecule has 0 spiro atoms. The third kappa shape index (κ3) is 1.63. The van der Waals surface area contributed by atoms with Crippen molar-refractivity contribution in [3.8, 4) is 0 Å². The molecule has 0 heterocycles. The first kappa shape index (κ1) is 8.33. The number of rotatable bonds is 0. The van der Waals surface area contributed by atoms with Crippen molar-refractivity contribution in [2.75, 3.05) is 0 Å². The maximum Gasteiger partial charge on any atom is 0.137 e. The molecule has 0 saturated heterocycles. The van der Waals surface area contributed by atoms with Crippen molar-refractivity contribution in [1.82, 2.24) is 0 Å². The van der Waals surface area contributed by atoms with Crippen LogP contribution in [0.15, 0.2) is 17.0 Å². The fraction of sp³-hybridized carbons (Fsp3) is 0.143. The molecule has 54 valence electrons. The lowest BCUT2D eigenvalue weighted by Gasteiger charge is -1.99. The van der Waals surface area contributed by atoms with Gasteiger partial charge in [-0.1, -0.05) is 0 Å². The van der Waals surface area contributed by atoms with E-state index >= 15 is 0 Å². The van der Waals surface area contributed by atoms with E-state index in [1.54, 1.807) is 0 Å². The van der Waals surface area contributed by atoms with Gasteiger partial charge in [-0.25, -0.2) is 4.39 Å². The second-order valence-corrected chi connectivity index (χ2v) is 3.65. The summed E-state index contributed by atoms with van der Waals surface area (Å²) in [7, 11) is 0. The standard InChI is InChI=1S/C7H6FIS/c1-4-2-5(10)3-6(8)7(4)9/h2-3,10H,1H3. The van der Waals surface area contributed by atoms with E-state index in [0.29, 0.717) is 8.47 Å². The number of aryl methyl sites for hydroxylation is 1. The minimum absolute atomic E-state index is 0.189. The molecular weight excluding hydrogens is 262 g/mol. The molecule has 3 heteroatoms. The Morgan fingerprint density at radius 3 is 2.60 bits per heavy atom. The second-order valence-electron chi connectivity index (χ2n) is 2.06. The predicted molar refractivity (Wildman–Crippen MR) is 51.1 cm³/mol. The molecule has 0 bridgehead atoms. The van der Waals surface area contributed by atoms with Gasteiger partial charge < -0.3 is 0 Å². The van der Waals surface area contributed by atoms with Gasteiger partial charge >= 0.3 is 0 Å². The Kier molecular flexibility index (Phi) is 2.57. The van der Waals surface area contributed by atoms with E-state index in [9.17, 15) is 4.39 Å². The monoisotopic (exact) mass is 268 g/mol. The minimum atomic E-state index is -0.189. The highest BCUT2D eigenvalue weighted by molar-refractivity contribution is 14.1. The van der Waals surface area contributed by atoms with Gasteiger partial charge in [0.15, 0.2) is 0 Å². The normalized spacial score (nSPS) is 10.0. The van der Waals surface area contributed by atoms with Crippen LogP contribution in [0.5, 0.6) is 0 Å². The van der Waals surface area contributed by atoms with E-state index < -0.39 is 0 Å². The molecule has 0 amide bonds. The van der Waals surface area contributed by atoms with Crippen molar-refractivity contribution in [1.29, 1.82) is 0 Å². The summed E-state index contributed by atoms with van der Waals surface area (Å²) >= 11 is 6.00. The van der Waals surface area contributed by atoms with Crippen LogP contribution >= 0.6 is 35.2 Å². The largest absolute Gasteiger partial charge is 0.206 e. The third-order valence-electron chi connectivity index (χ3n) is 1.19. The SMILES string of the molecule is Cc1cc(S)cc(F)c1I. The van der Waals surface area contributed by atoms with E-state index in [-0.39, 0.29) is 5.82 Å². The average Bonchev–Trinajstić information content (AvgIpc) is 1.82. The van der Waals surface area contributed by atoms with Gasteiger partial charge in [-0.05, 0) is 47.2 Å². The van der Waals surface area contributed by atoms with Gasteiger partial charge in [-0.3, -0.25) is 0 Å². The molecule has 0 fully saturated rings. The molecule has 0 aliphatic heterocycles. The number of hydrogen-bond donors (Lipinski definition) is 1. The van der Waals surface area contributed by atoms with Gasteiger partial charge in [0.05, 0.1) is 3.57 Å². The van der Waals surface area contributed by atoms with Crippen molar-refractivity contribution in [2.24, 2.45) is 0 Å². The lowest BCUT2D eigenvalue weighted by molar-refractivity contribution is 0.615. The summed E-state index contributed by atoms with van der Waals surface area (Å²) in [6, 6.07) is 3.26. The van der Waals surface area contributed by atoms with Crippen LogP contribution in [0.3, 0.4) is 0 Å². The van der Waals surface area contributed by atoms with Crippen molar-refractivity contribution in [2.45, 2.75) is 11.8 Å². The van der Waals surface area contributed by atoms with Crippen LogP contribution in [0.4, 0.5) is 4.39 Å². The number of benzene rings is 1. The minimum Gasteiger partial charge on any atom is -0.206 e. The number of hydrogen-bond acceptors (Lipinski definition) is 1. The van der Waals surface area contributed by atoms with E-state index in [1.165, 1.54) is 6.07 Å². The van der Waals surface area contributed by atoms with E-state index in [0.717, 1.165) is 5.56 Å². The fourth-order valence-electron chi connectivity index (χ4n) is 0.708. The Morgan fingerprint density at radius 1 is 1.50 bits per heavy atom. The van der Waals surface area contributed by atoms with E-state index in [4.69, 9.17) is 0 Å². The maximum atomic E-state index is 12.8.